The van der Waals surface area contributed by atoms with E-state index in [1.165, 1.54) is 5.56 Å². The van der Waals surface area contributed by atoms with Crippen LogP contribution in [0.2, 0.25) is 0 Å². The number of nitrogens with zero attached hydrogens (tertiary/aromatic N) is 1. The first kappa shape index (κ1) is 10.8. The molecule has 0 fully saturated rings. The number of aryl methyl sites for hydroxylation is 1. The fourth-order valence-electron chi connectivity index (χ4n) is 1.95. The molecule has 0 bridgehead atoms. The maximum Gasteiger partial charge on any atom is 0.193 e. The second-order valence-electron chi connectivity index (χ2n) is 4.37. The molecule has 2 nitrogen and oxygen atoms in total. The van der Waals surface area contributed by atoms with Gasteiger partial charge in [-0.2, -0.15) is 5.26 Å². The van der Waals surface area contributed by atoms with Gasteiger partial charge in [-0.05, 0) is 30.9 Å². The highest BCUT2D eigenvalue weighted by Crippen LogP contribution is 2.32. The highest BCUT2D eigenvalue weighted by Gasteiger charge is 2.22. The molecule has 0 N–H and O–H groups in total. The summed E-state index contributed by atoms with van der Waals surface area (Å²) in [6, 6.07) is 10.4. The predicted molar refractivity (Wildman–Crippen MR) is 62.5 cm³/mol. The van der Waals surface area contributed by atoms with E-state index in [1.807, 2.05) is 6.08 Å². The Balaban J connectivity index is 2.21. The van der Waals surface area contributed by atoms with E-state index in [1.54, 1.807) is 0 Å². The molecule has 16 heavy (non-hydrogen) atoms. The quantitative estimate of drug-likeness (QED) is 0.715. The average molecular weight is 213 g/mol. The lowest BCUT2D eigenvalue weighted by atomic mass is 9.95. The van der Waals surface area contributed by atoms with Crippen molar-refractivity contribution in [3.05, 3.63) is 47.2 Å². The van der Waals surface area contributed by atoms with Gasteiger partial charge in [0.25, 0.3) is 0 Å². The molecule has 1 heterocycles. The molecule has 0 saturated heterocycles. The first-order valence-corrected chi connectivity index (χ1v) is 5.54. The van der Waals surface area contributed by atoms with Crippen LogP contribution in [0.3, 0.4) is 0 Å². The van der Waals surface area contributed by atoms with Gasteiger partial charge in [0, 0.05) is 0 Å². The molecule has 0 aromatic heterocycles. The van der Waals surface area contributed by atoms with E-state index in [9.17, 15) is 0 Å². The molecule has 0 saturated carbocycles. The fourth-order valence-corrected chi connectivity index (χ4v) is 1.95. The number of hydrogen-bond acceptors (Lipinski definition) is 2. The van der Waals surface area contributed by atoms with Gasteiger partial charge in [0.15, 0.2) is 5.76 Å². The van der Waals surface area contributed by atoms with Crippen LogP contribution in [0.25, 0.3) is 0 Å². The van der Waals surface area contributed by atoms with Crippen molar-refractivity contribution in [2.45, 2.75) is 26.4 Å². The van der Waals surface area contributed by atoms with Crippen LogP contribution in [0.5, 0.6) is 0 Å². The molecule has 1 aromatic carbocycles. The van der Waals surface area contributed by atoms with Crippen LogP contribution in [0.15, 0.2) is 36.1 Å². The number of benzene rings is 1. The van der Waals surface area contributed by atoms with E-state index in [4.69, 9.17) is 10.00 Å². The van der Waals surface area contributed by atoms with Crippen molar-refractivity contribution in [2.24, 2.45) is 5.92 Å². The topological polar surface area (TPSA) is 33.0 Å². The molecule has 2 rings (SSSR count). The molecule has 1 aliphatic heterocycles. The summed E-state index contributed by atoms with van der Waals surface area (Å²) >= 11 is 0. The Morgan fingerprint density at radius 3 is 2.62 bits per heavy atom. The third kappa shape index (κ3) is 2.25. The highest BCUT2D eigenvalue weighted by molar-refractivity contribution is 5.26. The normalized spacial score (nSPS) is 24.2. The van der Waals surface area contributed by atoms with Gasteiger partial charge in [-0.25, -0.2) is 0 Å². The van der Waals surface area contributed by atoms with Gasteiger partial charge in [0.2, 0.25) is 0 Å². The van der Waals surface area contributed by atoms with Crippen LogP contribution in [0.1, 0.15) is 30.6 Å². The predicted octanol–water partition coefficient (Wildman–Crippen LogP) is 3.50. The molecule has 82 valence electrons. The summed E-state index contributed by atoms with van der Waals surface area (Å²) in [7, 11) is 0. The molecule has 2 unspecified atom stereocenters. The van der Waals surface area contributed by atoms with Crippen molar-refractivity contribution in [1.29, 1.82) is 5.26 Å². The van der Waals surface area contributed by atoms with E-state index in [2.05, 4.69) is 44.2 Å². The van der Waals surface area contributed by atoms with Crippen LogP contribution >= 0.6 is 0 Å². The van der Waals surface area contributed by atoms with Crippen molar-refractivity contribution in [3.63, 3.8) is 0 Å². The van der Waals surface area contributed by atoms with Crippen LogP contribution in [0, 0.1) is 24.2 Å². The third-order valence-electron chi connectivity index (χ3n) is 2.85. The van der Waals surface area contributed by atoms with E-state index >= 15 is 0 Å². The van der Waals surface area contributed by atoms with Crippen LogP contribution in [0.4, 0.5) is 0 Å². The van der Waals surface area contributed by atoms with Crippen LogP contribution in [-0.2, 0) is 4.74 Å². The second-order valence-corrected chi connectivity index (χ2v) is 4.37. The maximum absolute atomic E-state index is 8.87. The molecule has 1 aliphatic rings. The Labute approximate surface area is 96.2 Å². The van der Waals surface area contributed by atoms with Gasteiger partial charge in [-0.15, -0.1) is 0 Å². The maximum atomic E-state index is 8.87. The van der Waals surface area contributed by atoms with Gasteiger partial charge in [-0.3, -0.25) is 0 Å². The first-order chi connectivity index (χ1) is 7.69. The molecule has 0 radical (unpaired) electrons. The molecular formula is C14H15NO. The third-order valence-corrected chi connectivity index (χ3v) is 2.85. The summed E-state index contributed by atoms with van der Waals surface area (Å²) in [4.78, 5) is 0. The molecule has 0 spiro atoms. The minimum absolute atomic E-state index is 0.0234. The van der Waals surface area contributed by atoms with Crippen molar-refractivity contribution >= 4 is 0 Å². The Hall–Kier alpha value is -1.75. The number of rotatable bonds is 1. The lowest BCUT2D eigenvalue weighted by molar-refractivity contribution is 0.0923. The zero-order valence-electron chi connectivity index (χ0n) is 9.60. The smallest absolute Gasteiger partial charge is 0.193 e. The summed E-state index contributed by atoms with van der Waals surface area (Å²) in [6.45, 7) is 4.18. The van der Waals surface area contributed by atoms with E-state index in [-0.39, 0.29) is 6.10 Å². The number of ether oxygens (including phenoxy) is 1. The lowest BCUT2D eigenvalue weighted by Gasteiger charge is -2.25. The van der Waals surface area contributed by atoms with Gasteiger partial charge in [-0.1, -0.05) is 36.8 Å². The zero-order chi connectivity index (χ0) is 11.5. The van der Waals surface area contributed by atoms with Gasteiger partial charge in [0.1, 0.15) is 12.2 Å². The van der Waals surface area contributed by atoms with Gasteiger partial charge >= 0.3 is 0 Å². The standard InChI is InChI=1S/C14H15NO/c1-10-3-5-12(6-4-10)14-8-11(2)7-13(9-15)16-14/h3-7,11,14H,8H2,1-2H3. The van der Waals surface area contributed by atoms with Gasteiger partial charge < -0.3 is 4.74 Å². The molecule has 2 heteroatoms. The fraction of sp³-hybridized carbons (Fsp3) is 0.357. The summed E-state index contributed by atoms with van der Waals surface area (Å²) < 4.78 is 5.63. The molecule has 1 aromatic rings. The van der Waals surface area contributed by atoms with Crippen molar-refractivity contribution < 1.29 is 4.74 Å². The van der Waals surface area contributed by atoms with Crippen molar-refractivity contribution in [3.8, 4) is 6.07 Å². The minimum Gasteiger partial charge on any atom is -0.476 e. The summed E-state index contributed by atoms with van der Waals surface area (Å²) in [5.74, 6) is 0.846. The Kier molecular flexibility index (Phi) is 2.96. The number of hydrogen-bond donors (Lipinski definition) is 0. The van der Waals surface area contributed by atoms with E-state index < -0.39 is 0 Å². The lowest BCUT2D eigenvalue weighted by Crippen LogP contribution is -2.13. The van der Waals surface area contributed by atoms with Crippen LogP contribution in [-0.4, -0.2) is 0 Å². The average Bonchev–Trinajstić information content (AvgIpc) is 2.29. The monoisotopic (exact) mass is 213 g/mol. The zero-order valence-corrected chi connectivity index (χ0v) is 9.60. The Morgan fingerprint density at radius 1 is 1.31 bits per heavy atom. The second kappa shape index (κ2) is 4.40. The Bertz CT molecular complexity index is 439. The van der Waals surface area contributed by atoms with E-state index in [0.29, 0.717) is 11.7 Å². The molecule has 0 aliphatic carbocycles. The Morgan fingerprint density at radius 2 is 2.00 bits per heavy atom. The molecule has 2 atom stereocenters. The minimum atomic E-state index is 0.0234. The summed E-state index contributed by atoms with van der Waals surface area (Å²) in [5.41, 5.74) is 2.39. The number of nitriles is 1. The largest absolute Gasteiger partial charge is 0.476 e. The summed E-state index contributed by atoms with van der Waals surface area (Å²) in [6.07, 6.45) is 2.86. The van der Waals surface area contributed by atoms with Gasteiger partial charge in [0.05, 0.1) is 0 Å². The highest BCUT2D eigenvalue weighted by atomic mass is 16.5. The number of allylic oxidation sites excluding steroid dienone is 2. The summed E-state index contributed by atoms with van der Waals surface area (Å²) in [5, 5.41) is 8.87. The molecular weight excluding hydrogens is 198 g/mol. The van der Waals surface area contributed by atoms with Crippen molar-refractivity contribution in [2.75, 3.05) is 0 Å². The first-order valence-electron chi connectivity index (χ1n) is 5.54. The van der Waals surface area contributed by atoms with Crippen molar-refractivity contribution in [1.82, 2.24) is 0 Å². The van der Waals surface area contributed by atoms with E-state index in [0.717, 1.165) is 12.0 Å². The van der Waals surface area contributed by atoms with Crippen LogP contribution < -0.4 is 0 Å². The SMILES string of the molecule is Cc1ccc(C2CC(C)C=C(C#N)O2)cc1. The molecule has 0 amide bonds.